The summed E-state index contributed by atoms with van der Waals surface area (Å²) in [5, 5.41) is 4.28. The maximum Gasteiger partial charge on any atom is 0.236 e. The predicted octanol–water partition coefficient (Wildman–Crippen LogP) is 2.64. The van der Waals surface area contributed by atoms with Gasteiger partial charge in [0.05, 0.1) is 6.54 Å². The highest BCUT2D eigenvalue weighted by atomic mass is 35.5. The van der Waals surface area contributed by atoms with Crippen LogP contribution in [0.15, 0.2) is 29.2 Å². The van der Waals surface area contributed by atoms with Crippen LogP contribution in [0.4, 0.5) is 0 Å². The number of halogens is 1. The normalized spacial score (nSPS) is 16.6. The molecule has 0 aromatic heterocycles. The van der Waals surface area contributed by atoms with Crippen LogP contribution in [0.1, 0.15) is 12.8 Å². The molecule has 0 radical (unpaired) electrons. The van der Waals surface area contributed by atoms with Gasteiger partial charge in [-0.05, 0) is 44.2 Å². The zero-order chi connectivity index (χ0) is 13.7. The average molecular weight is 299 g/mol. The van der Waals surface area contributed by atoms with E-state index in [9.17, 15) is 4.79 Å². The Morgan fingerprint density at radius 2 is 2.00 bits per heavy atom. The molecule has 1 aromatic rings. The number of thioether (sulfide) groups is 1. The Labute approximate surface area is 123 Å². The molecule has 0 atom stereocenters. The van der Waals surface area contributed by atoms with Crippen LogP contribution in [0.3, 0.4) is 0 Å². The second-order valence-corrected chi connectivity index (χ2v) is 6.49. The Morgan fingerprint density at radius 3 is 2.58 bits per heavy atom. The van der Waals surface area contributed by atoms with Crippen LogP contribution in [0.25, 0.3) is 0 Å². The molecule has 3 nitrogen and oxygen atoms in total. The topological polar surface area (TPSA) is 32.3 Å². The molecule has 2 rings (SSSR count). The lowest BCUT2D eigenvalue weighted by molar-refractivity contribution is -0.130. The highest BCUT2D eigenvalue weighted by Gasteiger charge is 2.22. The fourth-order valence-electron chi connectivity index (χ4n) is 2.19. The van der Waals surface area contributed by atoms with E-state index in [1.807, 2.05) is 28.8 Å². The molecule has 1 amide bonds. The van der Waals surface area contributed by atoms with Gasteiger partial charge in [0.2, 0.25) is 5.91 Å². The van der Waals surface area contributed by atoms with Crippen LogP contribution in [0.2, 0.25) is 5.02 Å². The second kappa shape index (κ2) is 7.17. The van der Waals surface area contributed by atoms with Crippen LogP contribution in [0.5, 0.6) is 0 Å². The van der Waals surface area contributed by atoms with Crippen LogP contribution >= 0.6 is 23.4 Å². The monoisotopic (exact) mass is 298 g/mol. The van der Waals surface area contributed by atoms with Crippen molar-refractivity contribution < 1.29 is 4.79 Å². The summed E-state index contributed by atoms with van der Waals surface area (Å²) >= 11 is 7.77. The highest BCUT2D eigenvalue weighted by molar-refractivity contribution is 8.00. The van der Waals surface area contributed by atoms with Crippen LogP contribution in [-0.4, -0.2) is 42.7 Å². The first-order valence-electron chi connectivity index (χ1n) is 6.53. The number of piperidine rings is 1. The number of likely N-dealkylation sites (tertiary alicyclic amines) is 1. The van der Waals surface area contributed by atoms with Crippen LogP contribution in [-0.2, 0) is 4.79 Å². The van der Waals surface area contributed by atoms with E-state index in [1.165, 1.54) is 4.90 Å². The minimum absolute atomic E-state index is 0.206. The molecule has 0 bridgehead atoms. The SMILES string of the molecule is CNCC(=O)N1CCC(Sc2ccc(Cl)cc2)CC1. The fraction of sp³-hybridized carbons (Fsp3) is 0.500. The van der Waals surface area contributed by atoms with Crippen molar-refractivity contribution in [2.45, 2.75) is 23.0 Å². The number of carbonyl (C=O) groups is 1. The second-order valence-electron chi connectivity index (χ2n) is 4.68. The van der Waals surface area contributed by atoms with E-state index in [2.05, 4.69) is 17.4 Å². The van der Waals surface area contributed by atoms with Crippen molar-refractivity contribution >= 4 is 29.3 Å². The average Bonchev–Trinajstić information content (AvgIpc) is 2.42. The zero-order valence-electron chi connectivity index (χ0n) is 11.1. The minimum atomic E-state index is 0.206. The molecule has 5 heteroatoms. The lowest BCUT2D eigenvalue weighted by Gasteiger charge is -2.31. The number of hydrogen-bond donors (Lipinski definition) is 1. The number of carbonyl (C=O) groups excluding carboxylic acids is 1. The first-order chi connectivity index (χ1) is 9.19. The van der Waals surface area contributed by atoms with Crippen molar-refractivity contribution in [1.29, 1.82) is 0 Å². The van der Waals surface area contributed by atoms with Crippen LogP contribution < -0.4 is 5.32 Å². The Balaban J connectivity index is 1.80. The molecule has 1 heterocycles. The predicted molar refractivity (Wildman–Crippen MR) is 80.8 cm³/mol. The van der Waals surface area contributed by atoms with Gasteiger partial charge in [-0.3, -0.25) is 4.79 Å². The van der Waals surface area contributed by atoms with E-state index in [1.54, 1.807) is 7.05 Å². The Hall–Kier alpha value is -0.710. The Bertz CT molecular complexity index is 416. The third-order valence-electron chi connectivity index (χ3n) is 3.24. The standard InChI is InChI=1S/C14H19ClN2OS/c1-16-10-14(18)17-8-6-13(7-9-17)19-12-4-2-11(15)3-5-12/h2-5,13,16H,6-10H2,1H3. The van der Waals surface area contributed by atoms with Gasteiger partial charge in [0.15, 0.2) is 0 Å². The summed E-state index contributed by atoms with van der Waals surface area (Å²) < 4.78 is 0. The van der Waals surface area contributed by atoms with Crippen LogP contribution in [0, 0.1) is 0 Å². The van der Waals surface area contributed by atoms with Crippen molar-refractivity contribution in [2.75, 3.05) is 26.7 Å². The lowest BCUT2D eigenvalue weighted by Crippen LogP contribution is -2.42. The molecule has 0 unspecified atom stereocenters. The number of nitrogens with one attached hydrogen (secondary N) is 1. The zero-order valence-corrected chi connectivity index (χ0v) is 12.6. The van der Waals surface area contributed by atoms with E-state index in [4.69, 9.17) is 11.6 Å². The van der Waals surface area contributed by atoms with Gasteiger partial charge >= 0.3 is 0 Å². The molecule has 19 heavy (non-hydrogen) atoms. The summed E-state index contributed by atoms with van der Waals surface area (Å²) in [5.74, 6) is 0.206. The van der Waals surface area contributed by atoms with Gasteiger partial charge in [-0.2, -0.15) is 0 Å². The van der Waals surface area contributed by atoms with Crippen molar-refractivity contribution in [3.8, 4) is 0 Å². The van der Waals surface area contributed by atoms with Gasteiger partial charge in [-0.25, -0.2) is 0 Å². The molecule has 0 spiro atoms. The first-order valence-corrected chi connectivity index (χ1v) is 7.79. The smallest absolute Gasteiger partial charge is 0.236 e. The van der Waals surface area contributed by atoms with E-state index >= 15 is 0 Å². The van der Waals surface area contributed by atoms with Gasteiger partial charge in [0, 0.05) is 28.3 Å². The Kier molecular flexibility index (Phi) is 5.55. The minimum Gasteiger partial charge on any atom is -0.342 e. The van der Waals surface area contributed by atoms with Gasteiger partial charge < -0.3 is 10.2 Å². The number of benzene rings is 1. The molecule has 1 aliphatic rings. The molecular formula is C14H19ClN2OS. The summed E-state index contributed by atoms with van der Waals surface area (Å²) in [6, 6.07) is 7.97. The van der Waals surface area contributed by atoms with Gasteiger partial charge in [0.1, 0.15) is 0 Å². The molecule has 104 valence electrons. The molecule has 1 saturated heterocycles. The molecule has 1 fully saturated rings. The first kappa shape index (κ1) is 14.7. The van der Waals surface area contributed by atoms with E-state index in [-0.39, 0.29) is 5.91 Å². The number of rotatable bonds is 4. The summed E-state index contributed by atoms with van der Waals surface area (Å²) in [5.41, 5.74) is 0. The molecule has 1 aliphatic heterocycles. The van der Waals surface area contributed by atoms with E-state index < -0.39 is 0 Å². The van der Waals surface area contributed by atoms with Crippen molar-refractivity contribution in [2.24, 2.45) is 0 Å². The third kappa shape index (κ3) is 4.41. The molecular weight excluding hydrogens is 280 g/mol. The van der Waals surface area contributed by atoms with Gasteiger partial charge in [-0.15, -0.1) is 11.8 Å². The van der Waals surface area contributed by atoms with E-state index in [0.717, 1.165) is 31.0 Å². The summed E-state index contributed by atoms with van der Waals surface area (Å²) in [6.07, 6.45) is 2.12. The molecule has 0 aliphatic carbocycles. The lowest BCUT2D eigenvalue weighted by atomic mass is 10.1. The van der Waals surface area contributed by atoms with Crippen molar-refractivity contribution in [3.05, 3.63) is 29.3 Å². The van der Waals surface area contributed by atoms with Crippen molar-refractivity contribution in [3.63, 3.8) is 0 Å². The highest BCUT2D eigenvalue weighted by Crippen LogP contribution is 2.30. The largest absolute Gasteiger partial charge is 0.342 e. The number of likely N-dealkylation sites (N-methyl/N-ethyl adjacent to an activating group) is 1. The summed E-state index contributed by atoms with van der Waals surface area (Å²) in [6.45, 7) is 2.17. The number of amides is 1. The van der Waals surface area contributed by atoms with Crippen molar-refractivity contribution in [1.82, 2.24) is 10.2 Å². The van der Waals surface area contributed by atoms with Gasteiger partial charge in [0.25, 0.3) is 0 Å². The number of hydrogen-bond acceptors (Lipinski definition) is 3. The Morgan fingerprint density at radius 1 is 1.37 bits per heavy atom. The maximum atomic E-state index is 11.7. The fourth-order valence-corrected chi connectivity index (χ4v) is 3.44. The quantitative estimate of drug-likeness (QED) is 0.927. The third-order valence-corrected chi connectivity index (χ3v) is 4.84. The van der Waals surface area contributed by atoms with E-state index in [0.29, 0.717) is 11.8 Å². The summed E-state index contributed by atoms with van der Waals surface area (Å²) in [7, 11) is 1.81. The molecule has 1 aromatic carbocycles. The molecule has 0 saturated carbocycles. The number of nitrogens with zero attached hydrogens (tertiary/aromatic N) is 1. The maximum absolute atomic E-state index is 11.7. The summed E-state index contributed by atoms with van der Waals surface area (Å²) in [4.78, 5) is 15.0. The van der Waals surface area contributed by atoms with Gasteiger partial charge in [-0.1, -0.05) is 11.6 Å². The molecule has 1 N–H and O–H groups in total.